The Kier molecular flexibility index (Phi) is 4.94. The molecule has 0 atom stereocenters. The average Bonchev–Trinajstić information content (AvgIpc) is 2.40. The van der Waals surface area contributed by atoms with E-state index in [-0.39, 0.29) is 11.0 Å². The molecular weight excluding hydrogens is 304 g/mol. The molecule has 0 aliphatic heterocycles. The predicted molar refractivity (Wildman–Crippen MR) is 91.1 cm³/mol. The second-order valence-corrected chi connectivity index (χ2v) is 5.58. The quantitative estimate of drug-likeness (QED) is 0.820. The van der Waals surface area contributed by atoms with Crippen molar-refractivity contribution in [3.8, 4) is 0 Å². The fraction of sp³-hybridized carbons (Fsp3) is 0.125. The second kappa shape index (κ2) is 6.70. The molecule has 1 amide bonds. The lowest BCUT2D eigenvalue weighted by molar-refractivity contribution is 0.0977. The number of benzene rings is 2. The number of anilines is 1. The van der Waals surface area contributed by atoms with Crippen LogP contribution in [-0.2, 0) is 0 Å². The van der Waals surface area contributed by atoms with Gasteiger partial charge in [0.05, 0.1) is 10.7 Å². The minimum absolute atomic E-state index is 0.215. The van der Waals surface area contributed by atoms with Gasteiger partial charge in [-0.1, -0.05) is 40.9 Å². The standard InChI is InChI=1S/C16H15ClN2OS/c1-10-7-11(2)9-12(8-10)15(20)19-16(21)18-14-6-4-3-5-13(14)17/h3-9H,1-2H3,(H2,18,19,20,21). The Morgan fingerprint density at radius 1 is 1.10 bits per heavy atom. The summed E-state index contributed by atoms with van der Waals surface area (Å²) in [4.78, 5) is 12.2. The first kappa shape index (κ1) is 15.5. The third kappa shape index (κ3) is 4.28. The van der Waals surface area contributed by atoms with Gasteiger partial charge in [-0.25, -0.2) is 0 Å². The van der Waals surface area contributed by atoms with E-state index in [1.54, 1.807) is 12.1 Å². The summed E-state index contributed by atoms with van der Waals surface area (Å²) in [6, 6.07) is 12.8. The van der Waals surface area contributed by atoms with Crippen LogP contribution in [0.5, 0.6) is 0 Å². The maximum Gasteiger partial charge on any atom is 0.257 e. The monoisotopic (exact) mass is 318 g/mol. The molecule has 2 aromatic rings. The summed E-state index contributed by atoms with van der Waals surface area (Å²) < 4.78 is 0. The molecule has 0 aliphatic carbocycles. The van der Waals surface area contributed by atoms with E-state index in [2.05, 4.69) is 10.6 Å². The van der Waals surface area contributed by atoms with Crippen LogP contribution in [0.15, 0.2) is 42.5 Å². The Hall–Kier alpha value is -1.91. The Morgan fingerprint density at radius 2 is 1.71 bits per heavy atom. The van der Waals surface area contributed by atoms with Crippen LogP contribution in [-0.4, -0.2) is 11.0 Å². The van der Waals surface area contributed by atoms with E-state index in [9.17, 15) is 4.79 Å². The number of para-hydroxylation sites is 1. The molecule has 2 aromatic carbocycles. The smallest absolute Gasteiger partial charge is 0.257 e. The van der Waals surface area contributed by atoms with E-state index in [4.69, 9.17) is 23.8 Å². The number of carbonyl (C=O) groups excluding carboxylic acids is 1. The first-order valence-corrected chi connectivity index (χ1v) is 7.19. The Balaban J connectivity index is 2.06. The number of carbonyl (C=O) groups is 1. The van der Waals surface area contributed by atoms with Crippen LogP contribution in [0.1, 0.15) is 21.5 Å². The van der Waals surface area contributed by atoms with Gasteiger partial charge in [-0.3, -0.25) is 10.1 Å². The van der Waals surface area contributed by atoms with Crippen molar-refractivity contribution in [2.24, 2.45) is 0 Å². The van der Waals surface area contributed by atoms with Crippen molar-refractivity contribution in [2.75, 3.05) is 5.32 Å². The molecule has 5 heteroatoms. The van der Waals surface area contributed by atoms with Crippen LogP contribution in [0.25, 0.3) is 0 Å². The van der Waals surface area contributed by atoms with E-state index < -0.39 is 0 Å². The maximum absolute atomic E-state index is 12.2. The number of nitrogens with one attached hydrogen (secondary N) is 2. The fourth-order valence-corrected chi connectivity index (χ4v) is 2.38. The molecular formula is C16H15ClN2OS. The van der Waals surface area contributed by atoms with Crippen LogP contribution >= 0.6 is 23.8 Å². The summed E-state index contributed by atoms with van der Waals surface area (Å²) in [5.74, 6) is -0.244. The van der Waals surface area contributed by atoms with Gasteiger partial charge in [0.15, 0.2) is 5.11 Å². The third-order valence-corrected chi connectivity index (χ3v) is 3.37. The number of hydrogen-bond donors (Lipinski definition) is 2. The van der Waals surface area contributed by atoms with Crippen molar-refractivity contribution >= 4 is 40.5 Å². The molecule has 0 fully saturated rings. The van der Waals surface area contributed by atoms with E-state index in [0.29, 0.717) is 16.3 Å². The zero-order valence-corrected chi connectivity index (χ0v) is 13.3. The third-order valence-electron chi connectivity index (χ3n) is 2.83. The van der Waals surface area contributed by atoms with Crippen LogP contribution in [0.2, 0.25) is 5.02 Å². The van der Waals surface area contributed by atoms with Crippen LogP contribution < -0.4 is 10.6 Å². The summed E-state index contributed by atoms with van der Waals surface area (Å²) in [6.07, 6.45) is 0. The van der Waals surface area contributed by atoms with E-state index in [0.717, 1.165) is 11.1 Å². The van der Waals surface area contributed by atoms with Crippen LogP contribution in [0.4, 0.5) is 5.69 Å². The Bertz CT molecular complexity index is 680. The van der Waals surface area contributed by atoms with Gasteiger partial charge in [-0.2, -0.15) is 0 Å². The molecule has 0 saturated carbocycles. The van der Waals surface area contributed by atoms with E-state index in [1.807, 2.05) is 44.2 Å². The van der Waals surface area contributed by atoms with Crippen molar-refractivity contribution < 1.29 is 4.79 Å². The number of halogens is 1. The van der Waals surface area contributed by atoms with E-state index in [1.165, 1.54) is 0 Å². The topological polar surface area (TPSA) is 41.1 Å². The number of amides is 1. The van der Waals surface area contributed by atoms with Crippen LogP contribution in [0.3, 0.4) is 0 Å². The highest BCUT2D eigenvalue weighted by atomic mass is 35.5. The normalized spacial score (nSPS) is 10.0. The minimum Gasteiger partial charge on any atom is -0.331 e. The molecule has 2 N–H and O–H groups in total. The molecule has 0 heterocycles. The highest BCUT2D eigenvalue weighted by Crippen LogP contribution is 2.20. The molecule has 0 unspecified atom stereocenters. The zero-order valence-electron chi connectivity index (χ0n) is 11.7. The minimum atomic E-state index is -0.244. The van der Waals surface area contributed by atoms with Gasteiger partial charge in [-0.15, -0.1) is 0 Å². The van der Waals surface area contributed by atoms with Crippen LogP contribution in [0, 0.1) is 13.8 Å². The first-order chi connectivity index (χ1) is 9.95. The van der Waals surface area contributed by atoms with Gasteiger partial charge in [0.1, 0.15) is 0 Å². The largest absolute Gasteiger partial charge is 0.331 e. The summed E-state index contributed by atoms with van der Waals surface area (Å²) >= 11 is 11.2. The predicted octanol–water partition coefficient (Wildman–Crippen LogP) is 4.08. The molecule has 0 radical (unpaired) electrons. The van der Waals surface area contributed by atoms with Crippen molar-refractivity contribution in [3.63, 3.8) is 0 Å². The number of thiocarbonyl (C=S) groups is 1. The summed E-state index contributed by atoms with van der Waals surface area (Å²) in [5, 5.41) is 6.31. The van der Waals surface area contributed by atoms with Gasteiger partial charge >= 0.3 is 0 Å². The summed E-state index contributed by atoms with van der Waals surface area (Å²) in [7, 11) is 0. The lowest BCUT2D eigenvalue weighted by Crippen LogP contribution is -2.34. The van der Waals surface area contributed by atoms with Crippen molar-refractivity contribution in [1.29, 1.82) is 0 Å². The van der Waals surface area contributed by atoms with Gasteiger partial charge in [-0.05, 0) is 50.3 Å². The molecule has 0 saturated heterocycles. The summed E-state index contributed by atoms with van der Waals surface area (Å²) in [5.41, 5.74) is 3.30. The SMILES string of the molecule is Cc1cc(C)cc(C(=O)NC(=S)Nc2ccccc2Cl)c1. The molecule has 0 aliphatic rings. The first-order valence-electron chi connectivity index (χ1n) is 6.41. The molecule has 21 heavy (non-hydrogen) atoms. The molecule has 108 valence electrons. The lowest BCUT2D eigenvalue weighted by Gasteiger charge is -2.11. The fourth-order valence-electron chi connectivity index (χ4n) is 2.00. The molecule has 3 nitrogen and oxygen atoms in total. The van der Waals surface area contributed by atoms with Gasteiger partial charge in [0, 0.05) is 5.56 Å². The number of rotatable bonds is 2. The lowest BCUT2D eigenvalue weighted by atomic mass is 10.1. The molecule has 0 spiro atoms. The van der Waals surface area contributed by atoms with Crippen molar-refractivity contribution in [3.05, 3.63) is 64.2 Å². The maximum atomic E-state index is 12.2. The molecule has 0 bridgehead atoms. The highest BCUT2D eigenvalue weighted by Gasteiger charge is 2.09. The Labute approximate surface area is 134 Å². The average molecular weight is 319 g/mol. The molecule has 0 aromatic heterocycles. The highest BCUT2D eigenvalue weighted by molar-refractivity contribution is 7.80. The summed E-state index contributed by atoms with van der Waals surface area (Å²) in [6.45, 7) is 3.90. The number of hydrogen-bond acceptors (Lipinski definition) is 2. The van der Waals surface area contributed by atoms with Crippen molar-refractivity contribution in [1.82, 2.24) is 5.32 Å². The Morgan fingerprint density at radius 3 is 2.33 bits per heavy atom. The van der Waals surface area contributed by atoms with Gasteiger partial charge < -0.3 is 5.32 Å². The number of aryl methyl sites for hydroxylation is 2. The van der Waals surface area contributed by atoms with Gasteiger partial charge in [0.2, 0.25) is 0 Å². The van der Waals surface area contributed by atoms with E-state index >= 15 is 0 Å². The zero-order chi connectivity index (χ0) is 15.4. The molecule has 2 rings (SSSR count). The van der Waals surface area contributed by atoms with Crippen molar-refractivity contribution in [2.45, 2.75) is 13.8 Å². The second-order valence-electron chi connectivity index (χ2n) is 4.76. The van der Waals surface area contributed by atoms with Gasteiger partial charge in [0.25, 0.3) is 5.91 Å².